The molecule has 0 saturated heterocycles. The van der Waals surface area contributed by atoms with Gasteiger partial charge in [0.2, 0.25) is 0 Å². The van der Waals surface area contributed by atoms with Crippen LogP contribution in [0.3, 0.4) is 0 Å². The van der Waals surface area contributed by atoms with E-state index in [9.17, 15) is 4.79 Å². The summed E-state index contributed by atoms with van der Waals surface area (Å²) in [6, 6.07) is 18.7. The normalized spacial score (nSPS) is 11.0. The summed E-state index contributed by atoms with van der Waals surface area (Å²) in [5.74, 6) is 0.363. The minimum absolute atomic E-state index is 0.363. The van der Waals surface area contributed by atoms with E-state index in [1.54, 1.807) is 55.8 Å². The maximum absolute atomic E-state index is 12.2. The van der Waals surface area contributed by atoms with Gasteiger partial charge in [0.25, 0.3) is 0 Å². The smallest absolute Gasteiger partial charge is 0.413 e. The molecule has 148 valence electrons. The topological polar surface area (TPSA) is 106 Å². The third-order valence-electron chi connectivity index (χ3n) is 4.06. The predicted octanol–water partition coefficient (Wildman–Crippen LogP) is 4.22. The lowest BCUT2D eigenvalue weighted by Gasteiger charge is -2.19. The summed E-state index contributed by atoms with van der Waals surface area (Å²) < 4.78 is 7.03. The van der Waals surface area contributed by atoms with Crippen LogP contribution in [0.1, 0.15) is 31.9 Å². The van der Waals surface area contributed by atoms with E-state index in [0.717, 1.165) is 22.5 Å². The first-order valence-corrected chi connectivity index (χ1v) is 9.19. The van der Waals surface area contributed by atoms with Gasteiger partial charge in [-0.15, -0.1) is 5.10 Å². The minimum Gasteiger partial charge on any atom is -0.444 e. The number of carbonyl (C=O) groups is 1. The zero-order chi connectivity index (χ0) is 21.0. The van der Waals surface area contributed by atoms with Crippen molar-refractivity contribution < 1.29 is 9.53 Å². The first kappa shape index (κ1) is 20.1. The lowest BCUT2D eigenvalue weighted by atomic mass is 10.1. The second-order valence-electron chi connectivity index (χ2n) is 7.51. The van der Waals surface area contributed by atoms with Crippen LogP contribution in [0.25, 0.3) is 16.9 Å². The number of nitriles is 1. The fourth-order valence-electron chi connectivity index (χ4n) is 2.74. The van der Waals surface area contributed by atoms with E-state index < -0.39 is 11.7 Å². The Bertz CT molecular complexity index is 1040. The second-order valence-corrected chi connectivity index (χ2v) is 7.51. The van der Waals surface area contributed by atoms with Crippen LogP contribution in [-0.4, -0.2) is 21.5 Å². The first-order valence-electron chi connectivity index (χ1n) is 9.19. The van der Waals surface area contributed by atoms with Crippen molar-refractivity contribution in [3.05, 3.63) is 65.7 Å². The van der Waals surface area contributed by atoms with Gasteiger partial charge >= 0.3 is 6.09 Å². The fraction of sp³-hybridized carbons (Fsp3) is 0.227. The summed E-state index contributed by atoms with van der Waals surface area (Å²) in [6.07, 6.45) is -0.577. The van der Waals surface area contributed by atoms with E-state index in [0.29, 0.717) is 17.9 Å². The molecule has 1 heterocycles. The molecule has 0 fully saturated rings. The van der Waals surface area contributed by atoms with Gasteiger partial charge in [-0.05, 0) is 50.6 Å². The number of hydrogen-bond acceptors (Lipinski definition) is 5. The van der Waals surface area contributed by atoms with E-state index in [-0.39, 0.29) is 0 Å². The van der Waals surface area contributed by atoms with E-state index >= 15 is 0 Å². The van der Waals surface area contributed by atoms with E-state index in [2.05, 4.69) is 16.5 Å². The molecule has 0 spiro atoms. The number of ether oxygens (including phenoxy) is 1. The van der Waals surface area contributed by atoms with Gasteiger partial charge in [-0.1, -0.05) is 24.3 Å². The molecule has 3 aromatic rings. The predicted molar refractivity (Wildman–Crippen MR) is 111 cm³/mol. The summed E-state index contributed by atoms with van der Waals surface area (Å²) in [7, 11) is 0. The number of nitrogens with zero attached hydrogens (tertiary/aromatic N) is 3. The van der Waals surface area contributed by atoms with Crippen molar-refractivity contribution in [2.24, 2.45) is 5.73 Å². The van der Waals surface area contributed by atoms with Gasteiger partial charge < -0.3 is 10.5 Å². The number of aromatic nitrogens is 2. The van der Waals surface area contributed by atoms with Crippen molar-refractivity contribution in [3.8, 4) is 23.0 Å². The van der Waals surface area contributed by atoms with Crippen molar-refractivity contribution >= 4 is 11.9 Å². The first-order chi connectivity index (χ1) is 13.8. The molecule has 0 radical (unpaired) electrons. The van der Waals surface area contributed by atoms with Crippen LogP contribution in [0, 0.1) is 11.3 Å². The van der Waals surface area contributed by atoms with Gasteiger partial charge in [0, 0.05) is 18.2 Å². The Morgan fingerprint density at radius 2 is 1.83 bits per heavy atom. The van der Waals surface area contributed by atoms with Crippen LogP contribution in [0.4, 0.5) is 10.6 Å². The van der Waals surface area contributed by atoms with E-state index in [4.69, 9.17) is 15.7 Å². The standard InChI is InChI=1S/C22H23N5O2/c1-22(2,3)29-21(28)25-20-12-19(17-8-4-15(13-23)5-9-17)27(26-20)18-10-6-16(14-24)7-11-18/h4-12H,13,23H2,1-3H3,(H,25,26,28). The zero-order valence-electron chi connectivity index (χ0n) is 16.6. The number of nitrogens with two attached hydrogens (primary N) is 1. The largest absolute Gasteiger partial charge is 0.444 e. The number of hydrogen-bond donors (Lipinski definition) is 2. The Morgan fingerprint density at radius 1 is 1.17 bits per heavy atom. The second kappa shape index (κ2) is 8.17. The third kappa shape index (κ3) is 5.00. The minimum atomic E-state index is -0.610. The van der Waals surface area contributed by atoms with Gasteiger partial charge in [0.1, 0.15) is 5.60 Å². The molecular weight excluding hydrogens is 366 g/mol. The average Bonchev–Trinajstić information content (AvgIpc) is 3.10. The monoisotopic (exact) mass is 389 g/mol. The Kier molecular flexibility index (Phi) is 5.66. The average molecular weight is 389 g/mol. The summed E-state index contributed by atoms with van der Waals surface area (Å²) in [5, 5.41) is 16.2. The van der Waals surface area contributed by atoms with Crippen molar-refractivity contribution in [1.29, 1.82) is 5.26 Å². The van der Waals surface area contributed by atoms with E-state index in [1.807, 2.05) is 24.3 Å². The van der Waals surface area contributed by atoms with Gasteiger partial charge in [0.05, 0.1) is 23.0 Å². The van der Waals surface area contributed by atoms with E-state index in [1.165, 1.54) is 0 Å². The van der Waals surface area contributed by atoms with Crippen LogP contribution in [-0.2, 0) is 11.3 Å². The number of amides is 1. The maximum Gasteiger partial charge on any atom is 0.413 e. The molecule has 0 saturated carbocycles. The van der Waals surface area contributed by atoms with Crippen molar-refractivity contribution in [2.45, 2.75) is 32.9 Å². The fourth-order valence-corrected chi connectivity index (χ4v) is 2.74. The highest BCUT2D eigenvalue weighted by Crippen LogP contribution is 2.27. The summed E-state index contributed by atoms with van der Waals surface area (Å²) in [4.78, 5) is 12.2. The van der Waals surface area contributed by atoms with Crippen LogP contribution in [0.2, 0.25) is 0 Å². The SMILES string of the molecule is CC(C)(C)OC(=O)Nc1cc(-c2ccc(CN)cc2)n(-c2ccc(C#N)cc2)n1. The highest BCUT2D eigenvalue weighted by molar-refractivity contribution is 5.85. The quantitative estimate of drug-likeness (QED) is 0.695. The molecule has 0 aliphatic carbocycles. The molecule has 1 aromatic heterocycles. The number of rotatable bonds is 4. The summed E-state index contributed by atoms with van der Waals surface area (Å²) in [6.45, 7) is 5.85. The van der Waals surface area contributed by atoms with Gasteiger partial charge in [-0.2, -0.15) is 5.26 Å². The lowest BCUT2D eigenvalue weighted by Crippen LogP contribution is -2.27. The molecule has 0 aliphatic heterocycles. The highest BCUT2D eigenvalue weighted by atomic mass is 16.6. The molecule has 29 heavy (non-hydrogen) atoms. The van der Waals surface area contributed by atoms with Crippen molar-refractivity contribution in [2.75, 3.05) is 5.32 Å². The van der Waals surface area contributed by atoms with Gasteiger partial charge in [-0.25, -0.2) is 9.48 Å². The van der Waals surface area contributed by atoms with Gasteiger partial charge in [-0.3, -0.25) is 5.32 Å². The Hall–Kier alpha value is -3.63. The van der Waals surface area contributed by atoms with Crippen LogP contribution < -0.4 is 11.1 Å². The maximum atomic E-state index is 12.2. The van der Waals surface area contributed by atoms with Crippen LogP contribution in [0.15, 0.2) is 54.6 Å². The molecule has 3 N–H and O–H groups in total. The number of carbonyl (C=O) groups excluding carboxylic acids is 1. The summed E-state index contributed by atoms with van der Waals surface area (Å²) >= 11 is 0. The Balaban J connectivity index is 2.00. The molecule has 0 aliphatic rings. The molecular formula is C22H23N5O2. The van der Waals surface area contributed by atoms with Crippen LogP contribution in [0.5, 0.6) is 0 Å². The molecule has 7 heteroatoms. The molecule has 0 bridgehead atoms. The van der Waals surface area contributed by atoms with Crippen molar-refractivity contribution in [1.82, 2.24) is 9.78 Å². The van der Waals surface area contributed by atoms with Crippen molar-refractivity contribution in [3.63, 3.8) is 0 Å². The molecule has 0 unspecified atom stereocenters. The number of benzene rings is 2. The third-order valence-corrected chi connectivity index (χ3v) is 4.06. The van der Waals surface area contributed by atoms with Crippen LogP contribution >= 0.6 is 0 Å². The number of anilines is 1. The molecule has 7 nitrogen and oxygen atoms in total. The molecule has 2 aromatic carbocycles. The number of nitrogens with one attached hydrogen (secondary N) is 1. The molecule has 3 rings (SSSR count). The Labute approximate surface area is 169 Å². The molecule has 1 amide bonds. The zero-order valence-corrected chi connectivity index (χ0v) is 16.6. The van der Waals surface area contributed by atoms with Gasteiger partial charge in [0.15, 0.2) is 5.82 Å². The summed E-state index contributed by atoms with van der Waals surface area (Å²) in [5.41, 5.74) is 9.11. The highest BCUT2D eigenvalue weighted by Gasteiger charge is 2.19. The lowest BCUT2D eigenvalue weighted by molar-refractivity contribution is 0.0635. The molecule has 0 atom stereocenters. The Morgan fingerprint density at radius 3 is 2.38 bits per heavy atom.